The summed E-state index contributed by atoms with van der Waals surface area (Å²) < 4.78 is 4.87. The van der Waals surface area contributed by atoms with Crippen LogP contribution in [0.4, 0.5) is 9.59 Å². The number of nitrogens with zero attached hydrogens (tertiary/aromatic N) is 2. The molecule has 1 aliphatic rings. The molecule has 0 spiro atoms. The average molecular weight is 243 g/mol. The lowest BCUT2D eigenvalue weighted by Gasteiger charge is -2.12. The summed E-state index contributed by atoms with van der Waals surface area (Å²) in [7, 11) is 0. The second-order valence-electron chi connectivity index (χ2n) is 3.12. The molecule has 7 heteroatoms. The molecular weight excluding hydrogens is 236 g/mol. The Labute approximate surface area is 95.4 Å². The normalized spacial score (nSPS) is 15.7. The van der Waals surface area contributed by atoms with Gasteiger partial charge in [0.05, 0.1) is 6.26 Å². The van der Waals surface area contributed by atoms with Crippen LogP contribution in [0, 0.1) is 0 Å². The summed E-state index contributed by atoms with van der Waals surface area (Å²) in [4.78, 5) is 35.8. The second kappa shape index (κ2) is 3.97. The molecule has 1 saturated heterocycles. The first-order valence-corrected chi connectivity index (χ1v) is 4.85. The molecule has 0 bridgehead atoms. The molecule has 4 amide bonds. The standard InChI is InChI=1S/C9H7ClN2O4/c10-8(14)12-4-3-11(9(12)15)7(13)6-2-1-5-16-6/h1-2,5H,3-4H2. The summed E-state index contributed by atoms with van der Waals surface area (Å²) in [6.45, 7) is 0.227. The first-order chi connectivity index (χ1) is 7.61. The minimum absolute atomic E-state index is 0.0530. The zero-order chi connectivity index (χ0) is 11.7. The zero-order valence-electron chi connectivity index (χ0n) is 8.05. The Balaban J connectivity index is 2.16. The molecule has 0 aliphatic carbocycles. The van der Waals surface area contributed by atoms with Gasteiger partial charge in [-0.3, -0.25) is 14.5 Å². The highest BCUT2D eigenvalue weighted by molar-refractivity contribution is 6.64. The highest BCUT2D eigenvalue weighted by Crippen LogP contribution is 2.15. The number of halogens is 1. The Morgan fingerprint density at radius 2 is 2.00 bits per heavy atom. The summed E-state index contributed by atoms with van der Waals surface area (Å²) >= 11 is 5.18. The summed E-state index contributed by atoms with van der Waals surface area (Å²) in [6.07, 6.45) is 1.33. The topological polar surface area (TPSA) is 70.8 Å². The van der Waals surface area contributed by atoms with Gasteiger partial charge in [-0.2, -0.15) is 0 Å². The highest BCUT2D eigenvalue weighted by Gasteiger charge is 2.37. The van der Waals surface area contributed by atoms with Gasteiger partial charge in [0.15, 0.2) is 5.76 Å². The molecule has 1 aliphatic heterocycles. The number of imide groups is 2. The van der Waals surface area contributed by atoms with Crippen LogP contribution in [0.3, 0.4) is 0 Å². The summed E-state index contributed by atoms with van der Waals surface area (Å²) in [5.74, 6) is -0.521. The van der Waals surface area contributed by atoms with Crippen molar-refractivity contribution in [2.75, 3.05) is 13.1 Å². The Kier molecular flexibility index (Phi) is 2.66. The number of hydrogen-bond donors (Lipinski definition) is 0. The Bertz CT molecular complexity index is 442. The fraction of sp³-hybridized carbons (Fsp3) is 0.222. The maximum Gasteiger partial charge on any atom is 0.334 e. The number of urea groups is 1. The lowest BCUT2D eigenvalue weighted by molar-refractivity contribution is 0.0795. The predicted molar refractivity (Wildman–Crippen MR) is 53.1 cm³/mol. The molecule has 2 rings (SSSR count). The molecule has 84 valence electrons. The van der Waals surface area contributed by atoms with Gasteiger partial charge >= 0.3 is 11.4 Å². The smallest absolute Gasteiger partial charge is 0.334 e. The average Bonchev–Trinajstić information content (AvgIpc) is 2.84. The number of hydrogen-bond acceptors (Lipinski definition) is 4. The molecule has 1 aromatic rings. The molecule has 0 atom stereocenters. The largest absolute Gasteiger partial charge is 0.459 e. The molecule has 2 heterocycles. The van der Waals surface area contributed by atoms with Crippen molar-refractivity contribution in [3.8, 4) is 0 Å². The van der Waals surface area contributed by atoms with Crippen LogP contribution in [-0.2, 0) is 0 Å². The Morgan fingerprint density at radius 3 is 2.50 bits per heavy atom. The van der Waals surface area contributed by atoms with Crippen molar-refractivity contribution in [2.45, 2.75) is 0 Å². The van der Waals surface area contributed by atoms with Gasteiger partial charge in [0.1, 0.15) is 0 Å². The van der Waals surface area contributed by atoms with E-state index in [9.17, 15) is 14.4 Å². The van der Waals surface area contributed by atoms with Gasteiger partial charge in [-0.1, -0.05) is 0 Å². The van der Waals surface area contributed by atoms with E-state index in [0.717, 1.165) is 9.80 Å². The SMILES string of the molecule is O=C(Cl)N1CCN(C(=O)c2ccco2)C1=O. The van der Waals surface area contributed by atoms with Crippen LogP contribution < -0.4 is 0 Å². The lowest BCUT2D eigenvalue weighted by atomic mass is 10.4. The van der Waals surface area contributed by atoms with E-state index >= 15 is 0 Å². The number of carbonyl (C=O) groups is 3. The maximum absolute atomic E-state index is 11.7. The van der Waals surface area contributed by atoms with Crippen LogP contribution in [0.15, 0.2) is 22.8 Å². The molecule has 1 aromatic heterocycles. The number of furan rings is 1. The van der Waals surface area contributed by atoms with Crippen LogP contribution in [-0.4, -0.2) is 40.2 Å². The van der Waals surface area contributed by atoms with Crippen LogP contribution >= 0.6 is 11.6 Å². The van der Waals surface area contributed by atoms with Crippen LogP contribution in [0.1, 0.15) is 10.6 Å². The van der Waals surface area contributed by atoms with Gasteiger partial charge in [0.25, 0.3) is 5.91 Å². The first kappa shape index (κ1) is 10.7. The molecule has 0 saturated carbocycles. The fourth-order valence-electron chi connectivity index (χ4n) is 1.42. The molecule has 0 aromatic carbocycles. The molecule has 6 nitrogen and oxygen atoms in total. The van der Waals surface area contributed by atoms with Crippen molar-refractivity contribution in [3.63, 3.8) is 0 Å². The molecule has 16 heavy (non-hydrogen) atoms. The van der Waals surface area contributed by atoms with E-state index < -0.39 is 17.3 Å². The van der Waals surface area contributed by atoms with Crippen molar-refractivity contribution in [3.05, 3.63) is 24.2 Å². The molecule has 0 unspecified atom stereocenters. The summed E-state index contributed by atoms with van der Waals surface area (Å²) in [6, 6.07) is 2.26. The molecule has 1 fully saturated rings. The van der Waals surface area contributed by atoms with E-state index in [1.54, 1.807) is 0 Å². The quantitative estimate of drug-likeness (QED) is 0.553. The van der Waals surface area contributed by atoms with Crippen LogP contribution in [0.25, 0.3) is 0 Å². The van der Waals surface area contributed by atoms with E-state index in [1.165, 1.54) is 18.4 Å². The van der Waals surface area contributed by atoms with Crippen LogP contribution in [0.5, 0.6) is 0 Å². The van der Waals surface area contributed by atoms with Crippen molar-refractivity contribution in [2.24, 2.45) is 0 Å². The molecule has 0 radical (unpaired) electrons. The minimum Gasteiger partial charge on any atom is -0.459 e. The van der Waals surface area contributed by atoms with Gasteiger partial charge < -0.3 is 4.42 Å². The fourth-order valence-corrected chi connectivity index (χ4v) is 1.58. The van der Waals surface area contributed by atoms with E-state index in [1.807, 2.05) is 0 Å². The van der Waals surface area contributed by atoms with E-state index in [4.69, 9.17) is 16.0 Å². The second-order valence-corrected chi connectivity index (χ2v) is 3.44. The Morgan fingerprint density at radius 1 is 1.31 bits per heavy atom. The third-order valence-corrected chi connectivity index (χ3v) is 2.40. The lowest BCUT2D eigenvalue weighted by Crippen LogP contribution is -2.37. The highest BCUT2D eigenvalue weighted by atomic mass is 35.5. The summed E-state index contributed by atoms with van der Waals surface area (Å²) in [5, 5.41) is -0.889. The van der Waals surface area contributed by atoms with Crippen molar-refractivity contribution in [1.29, 1.82) is 0 Å². The van der Waals surface area contributed by atoms with Gasteiger partial charge in [-0.25, -0.2) is 9.69 Å². The Hall–Kier alpha value is -1.82. The van der Waals surface area contributed by atoms with E-state index in [2.05, 4.69) is 0 Å². The number of amides is 4. The monoisotopic (exact) mass is 242 g/mol. The zero-order valence-corrected chi connectivity index (χ0v) is 8.81. The first-order valence-electron chi connectivity index (χ1n) is 4.47. The summed E-state index contributed by atoms with van der Waals surface area (Å²) in [5.41, 5.74) is 0. The third kappa shape index (κ3) is 1.67. The van der Waals surface area contributed by atoms with Crippen molar-refractivity contribution >= 4 is 28.9 Å². The van der Waals surface area contributed by atoms with Crippen molar-refractivity contribution in [1.82, 2.24) is 9.80 Å². The number of rotatable bonds is 1. The van der Waals surface area contributed by atoms with Gasteiger partial charge in [0, 0.05) is 13.1 Å². The van der Waals surface area contributed by atoms with Crippen LogP contribution in [0.2, 0.25) is 0 Å². The molecular formula is C9H7ClN2O4. The van der Waals surface area contributed by atoms with Gasteiger partial charge in [0.2, 0.25) is 0 Å². The maximum atomic E-state index is 11.7. The van der Waals surface area contributed by atoms with E-state index in [-0.39, 0.29) is 18.8 Å². The van der Waals surface area contributed by atoms with Gasteiger partial charge in [-0.05, 0) is 23.7 Å². The predicted octanol–water partition coefficient (Wildman–Crippen LogP) is 1.52. The minimum atomic E-state index is -0.889. The van der Waals surface area contributed by atoms with Gasteiger partial charge in [-0.15, -0.1) is 0 Å². The van der Waals surface area contributed by atoms with Crippen molar-refractivity contribution < 1.29 is 18.8 Å². The molecule has 0 N–H and O–H groups in total. The number of carbonyl (C=O) groups excluding carboxylic acids is 3. The van der Waals surface area contributed by atoms with E-state index in [0.29, 0.717) is 0 Å². The third-order valence-electron chi connectivity index (χ3n) is 2.20.